The highest BCUT2D eigenvalue weighted by molar-refractivity contribution is 6.34. The number of benzene rings is 1. The second kappa shape index (κ2) is 6.16. The summed E-state index contributed by atoms with van der Waals surface area (Å²) >= 11 is 11.8. The normalized spacial score (nSPS) is 14.2. The molecule has 1 aliphatic rings. The number of rotatable bonds is 5. The molecule has 0 bridgehead atoms. The highest BCUT2D eigenvalue weighted by Crippen LogP contribution is 2.32. The zero-order valence-electron chi connectivity index (χ0n) is 11.2. The van der Waals surface area contributed by atoms with E-state index in [9.17, 15) is 4.39 Å². The third-order valence-electron chi connectivity index (χ3n) is 3.26. The van der Waals surface area contributed by atoms with Gasteiger partial charge in [-0.25, -0.2) is 9.37 Å². The Morgan fingerprint density at radius 2 is 1.90 bits per heavy atom. The average Bonchev–Trinajstić information content (AvgIpc) is 3.22. The molecule has 0 saturated heterocycles. The van der Waals surface area contributed by atoms with Crippen molar-refractivity contribution in [1.29, 1.82) is 0 Å². The van der Waals surface area contributed by atoms with Crippen LogP contribution in [0.25, 0.3) is 0 Å². The first-order valence-corrected chi connectivity index (χ1v) is 7.45. The van der Waals surface area contributed by atoms with E-state index in [0.717, 1.165) is 24.6 Å². The van der Waals surface area contributed by atoms with Gasteiger partial charge in [-0.1, -0.05) is 23.2 Å². The predicted molar refractivity (Wildman–Crippen MR) is 79.2 cm³/mol. The summed E-state index contributed by atoms with van der Waals surface area (Å²) in [5.41, 5.74) is 1.23. The molecule has 1 heterocycles. The van der Waals surface area contributed by atoms with Crippen molar-refractivity contribution in [3.05, 3.63) is 51.5 Å². The first kappa shape index (κ1) is 14.5. The van der Waals surface area contributed by atoms with Crippen LogP contribution in [0.5, 0.6) is 6.01 Å². The average molecular weight is 327 g/mol. The van der Waals surface area contributed by atoms with Crippen LogP contribution in [0.15, 0.2) is 24.4 Å². The smallest absolute Gasteiger partial charge is 0.317 e. The lowest BCUT2D eigenvalue weighted by Crippen LogP contribution is -2.04. The van der Waals surface area contributed by atoms with E-state index in [1.54, 1.807) is 18.2 Å². The summed E-state index contributed by atoms with van der Waals surface area (Å²) in [6.07, 6.45) is 4.08. The van der Waals surface area contributed by atoms with Crippen molar-refractivity contribution in [2.24, 2.45) is 5.92 Å². The van der Waals surface area contributed by atoms with Gasteiger partial charge in [0, 0.05) is 10.0 Å². The number of ether oxygens (including phenoxy) is 1. The SMILES string of the molecule is Fc1cnc(OCc2cc(Cl)cc(Cl)c2)nc1CC1CC1. The fourth-order valence-corrected chi connectivity index (χ4v) is 2.61. The molecule has 0 N–H and O–H groups in total. The van der Waals surface area contributed by atoms with Crippen LogP contribution in [0.2, 0.25) is 10.0 Å². The van der Waals surface area contributed by atoms with Crippen LogP contribution in [0.4, 0.5) is 4.39 Å². The fraction of sp³-hybridized carbons (Fsp3) is 0.333. The molecule has 3 rings (SSSR count). The maximum atomic E-state index is 13.6. The van der Waals surface area contributed by atoms with Crippen molar-refractivity contribution in [1.82, 2.24) is 9.97 Å². The van der Waals surface area contributed by atoms with Gasteiger partial charge in [0.1, 0.15) is 6.61 Å². The topological polar surface area (TPSA) is 35.0 Å². The molecule has 0 spiro atoms. The Hall–Kier alpha value is -1.39. The Morgan fingerprint density at radius 1 is 1.19 bits per heavy atom. The molecular weight excluding hydrogens is 314 g/mol. The van der Waals surface area contributed by atoms with Gasteiger partial charge in [0.15, 0.2) is 5.82 Å². The zero-order valence-corrected chi connectivity index (χ0v) is 12.7. The summed E-state index contributed by atoms with van der Waals surface area (Å²) in [6, 6.07) is 5.32. The molecule has 0 amide bonds. The molecule has 1 saturated carbocycles. The van der Waals surface area contributed by atoms with Crippen LogP contribution in [0.1, 0.15) is 24.1 Å². The molecule has 1 fully saturated rings. The molecule has 110 valence electrons. The molecular formula is C15H13Cl2FN2O. The van der Waals surface area contributed by atoms with E-state index in [1.165, 1.54) is 0 Å². The first-order valence-electron chi connectivity index (χ1n) is 6.69. The van der Waals surface area contributed by atoms with Crippen LogP contribution < -0.4 is 4.74 Å². The van der Waals surface area contributed by atoms with Crippen molar-refractivity contribution < 1.29 is 9.13 Å². The Balaban J connectivity index is 1.69. The number of nitrogens with zero attached hydrogens (tertiary/aromatic N) is 2. The van der Waals surface area contributed by atoms with Crippen molar-refractivity contribution in [2.45, 2.75) is 25.9 Å². The maximum absolute atomic E-state index is 13.6. The van der Waals surface area contributed by atoms with Gasteiger partial charge < -0.3 is 4.74 Å². The van der Waals surface area contributed by atoms with Crippen LogP contribution in [-0.4, -0.2) is 9.97 Å². The molecule has 1 aromatic carbocycles. The summed E-state index contributed by atoms with van der Waals surface area (Å²) in [6.45, 7) is 0.231. The second-order valence-electron chi connectivity index (χ2n) is 5.16. The summed E-state index contributed by atoms with van der Waals surface area (Å²) in [4.78, 5) is 7.99. The highest BCUT2D eigenvalue weighted by atomic mass is 35.5. The Labute approximate surface area is 132 Å². The van der Waals surface area contributed by atoms with Crippen molar-refractivity contribution in [2.75, 3.05) is 0 Å². The van der Waals surface area contributed by atoms with Crippen molar-refractivity contribution >= 4 is 23.2 Å². The molecule has 2 aromatic rings. The molecule has 0 aliphatic heterocycles. The van der Waals surface area contributed by atoms with Crippen LogP contribution in [0, 0.1) is 11.7 Å². The lowest BCUT2D eigenvalue weighted by molar-refractivity contribution is 0.277. The van der Waals surface area contributed by atoms with Gasteiger partial charge >= 0.3 is 6.01 Å². The quantitative estimate of drug-likeness (QED) is 0.813. The Kier molecular flexibility index (Phi) is 4.27. The minimum atomic E-state index is -0.375. The van der Waals surface area contributed by atoms with E-state index < -0.39 is 0 Å². The summed E-state index contributed by atoms with van der Waals surface area (Å²) in [5.74, 6) is 0.175. The van der Waals surface area contributed by atoms with E-state index in [1.807, 2.05) is 0 Å². The number of aromatic nitrogens is 2. The molecule has 0 unspecified atom stereocenters. The van der Waals surface area contributed by atoms with Gasteiger partial charge in [0.2, 0.25) is 0 Å². The first-order chi connectivity index (χ1) is 10.1. The van der Waals surface area contributed by atoms with Crippen LogP contribution in [-0.2, 0) is 13.0 Å². The van der Waals surface area contributed by atoms with E-state index in [-0.39, 0.29) is 18.4 Å². The van der Waals surface area contributed by atoms with E-state index >= 15 is 0 Å². The third kappa shape index (κ3) is 4.05. The lowest BCUT2D eigenvalue weighted by atomic mass is 10.2. The van der Waals surface area contributed by atoms with E-state index in [4.69, 9.17) is 27.9 Å². The van der Waals surface area contributed by atoms with Crippen LogP contribution >= 0.6 is 23.2 Å². The largest absolute Gasteiger partial charge is 0.459 e. The van der Waals surface area contributed by atoms with Gasteiger partial charge in [-0.3, -0.25) is 0 Å². The Morgan fingerprint density at radius 3 is 2.57 bits per heavy atom. The van der Waals surface area contributed by atoms with Gasteiger partial charge in [0.25, 0.3) is 0 Å². The monoisotopic (exact) mass is 326 g/mol. The summed E-state index contributed by atoms with van der Waals surface area (Å²) in [5, 5.41) is 1.08. The van der Waals surface area contributed by atoms with E-state index in [0.29, 0.717) is 28.1 Å². The molecule has 1 aliphatic carbocycles. The summed E-state index contributed by atoms with van der Waals surface area (Å²) in [7, 11) is 0. The van der Waals surface area contributed by atoms with Gasteiger partial charge in [-0.05, 0) is 48.9 Å². The molecule has 0 radical (unpaired) electrons. The minimum absolute atomic E-state index is 0.170. The molecule has 6 heteroatoms. The standard InChI is InChI=1S/C15H13Cl2FN2O/c16-11-3-10(4-12(17)6-11)8-21-15-19-7-13(18)14(20-15)5-9-1-2-9/h3-4,6-7,9H,1-2,5,8H2. The van der Waals surface area contributed by atoms with Crippen molar-refractivity contribution in [3.63, 3.8) is 0 Å². The molecule has 1 aromatic heterocycles. The Bertz CT molecular complexity index is 642. The van der Waals surface area contributed by atoms with Gasteiger partial charge in [-0.2, -0.15) is 4.98 Å². The summed E-state index contributed by atoms with van der Waals surface area (Å²) < 4.78 is 19.1. The minimum Gasteiger partial charge on any atom is -0.459 e. The lowest BCUT2D eigenvalue weighted by Gasteiger charge is -2.07. The number of hydrogen-bond acceptors (Lipinski definition) is 3. The second-order valence-corrected chi connectivity index (χ2v) is 6.03. The van der Waals surface area contributed by atoms with Crippen molar-refractivity contribution in [3.8, 4) is 6.01 Å². The molecule has 3 nitrogen and oxygen atoms in total. The predicted octanol–water partition coefficient (Wildman–Crippen LogP) is 4.45. The van der Waals surface area contributed by atoms with E-state index in [2.05, 4.69) is 9.97 Å². The molecule has 0 atom stereocenters. The van der Waals surface area contributed by atoms with Gasteiger partial charge in [-0.15, -0.1) is 0 Å². The number of hydrogen-bond donors (Lipinski definition) is 0. The third-order valence-corrected chi connectivity index (χ3v) is 3.70. The fourth-order valence-electron chi connectivity index (χ4n) is 2.03. The van der Waals surface area contributed by atoms with Crippen LogP contribution in [0.3, 0.4) is 0 Å². The van der Waals surface area contributed by atoms with Gasteiger partial charge in [0.05, 0.1) is 11.9 Å². The maximum Gasteiger partial charge on any atom is 0.317 e. The zero-order chi connectivity index (χ0) is 14.8. The highest BCUT2D eigenvalue weighted by Gasteiger charge is 2.24. The number of halogens is 3. The molecule has 21 heavy (non-hydrogen) atoms.